The van der Waals surface area contributed by atoms with Gasteiger partial charge in [-0.3, -0.25) is 0 Å². The molecule has 2 atom stereocenters. The Bertz CT molecular complexity index is 277. The van der Waals surface area contributed by atoms with Gasteiger partial charge in [0.2, 0.25) is 0 Å². The summed E-state index contributed by atoms with van der Waals surface area (Å²) in [6.45, 7) is 9.09. The van der Waals surface area contributed by atoms with E-state index in [1.807, 2.05) is 0 Å². The number of aliphatic hydroxyl groups is 1. The molecule has 0 radical (unpaired) electrons. The number of ether oxygens (including phenoxy) is 2. The summed E-state index contributed by atoms with van der Waals surface area (Å²) in [6, 6.07) is 0. The maximum Gasteiger partial charge on any atom is 0.341 e. The third kappa shape index (κ3) is 2.55. The van der Waals surface area contributed by atoms with Crippen LogP contribution < -0.4 is 0 Å². The van der Waals surface area contributed by atoms with Crippen LogP contribution in [0.1, 0.15) is 47.5 Å². The monoisotopic (exact) mass is 230 g/mol. The SMILES string of the molecule is CC(C)(C)OC(=O)C1(C)OCCCC1(C)O. The zero-order valence-corrected chi connectivity index (χ0v) is 10.8. The van der Waals surface area contributed by atoms with Crippen molar-refractivity contribution in [3.63, 3.8) is 0 Å². The molecule has 1 N–H and O–H groups in total. The van der Waals surface area contributed by atoms with E-state index >= 15 is 0 Å². The lowest BCUT2D eigenvalue weighted by molar-refractivity contribution is -0.227. The van der Waals surface area contributed by atoms with Gasteiger partial charge in [0.15, 0.2) is 5.60 Å². The molecule has 1 aliphatic heterocycles. The zero-order valence-electron chi connectivity index (χ0n) is 10.8. The molecule has 4 heteroatoms. The Morgan fingerprint density at radius 1 is 1.38 bits per heavy atom. The van der Waals surface area contributed by atoms with Crippen molar-refractivity contribution in [1.82, 2.24) is 0 Å². The number of hydrogen-bond acceptors (Lipinski definition) is 4. The highest BCUT2D eigenvalue weighted by molar-refractivity contribution is 5.81. The molecule has 4 nitrogen and oxygen atoms in total. The van der Waals surface area contributed by atoms with Crippen molar-refractivity contribution in [2.45, 2.75) is 64.3 Å². The maximum absolute atomic E-state index is 12.0. The number of carbonyl (C=O) groups excluding carboxylic acids is 1. The minimum absolute atomic E-state index is 0.478. The third-order valence-corrected chi connectivity index (χ3v) is 3.01. The van der Waals surface area contributed by atoms with E-state index < -0.39 is 22.8 Å². The second-order valence-electron chi connectivity index (χ2n) is 5.76. The molecule has 2 unspecified atom stereocenters. The lowest BCUT2D eigenvalue weighted by atomic mass is 9.80. The minimum atomic E-state index is -1.27. The van der Waals surface area contributed by atoms with E-state index in [0.29, 0.717) is 13.0 Å². The Labute approximate surface area is 96.9 Å². The Kier molecular flexibility index (Phi) is 3.37. The Hall–Kier alpha value is -0.610. The van der Waals surface area contributed by atoms with Gasteiger partial charge in [0.05, 0.1) is 0 Å². The summed E-state index contributed by atoms with van der Waals surface area (Å²) < 4.78 is 10.8. The molecular weight excluding hydrogens is 208 g/mol. The molecule has 1 fully saturated rings. The normalized spacial score (nSPS) is 35.9. The molecule has 16 heavy (non-hydrogen) atoms. The van der Waals surface area contributed by atoms with Crippen LogP contribution in [0.4, 0.5) is 0 Å². The van der Waals surface area contributed by atoms with Crippen LogP contribution in [0.2, 0.25) is 0 Å². The lowest BCUT2D eigenvalue weighted by Gasteiger charge is -2.44. The Morgan fingerprint density at radius 3 is 2.38 bits per heavy atom. The van der Waals surface area contributed by atoms with Crippen molar-refractivity contribution in [2.24, 2.45) is 0 Å². The lowest BCUT2D eigenvalue weighted by Crippen LogP contribution is -2.61. The fraction of sp³-hybridized carbons (Fsp3) is 0.917. The molecule has 1 aliphatic rings. The summed E-state index contributed by atoms with van der Waals surface area (Å²) in [5, 5.41) is 10.2. The van der Waals surface area contributed by atoms with Crippen LogP contribution in [0.15, 0.2) is 0 Å². The molecule has 0 spiro atoms. The first-order valence-electron chi connectivity index (χ1n) is 5.68. The van der Waals surface area contributed by atoms with Gasteiger partial charge in [0.25, 0.3) is 0 Å². The fourth-order valence-electron chi connectivity index (χ4n) is 1.74. The van der Waals surface area contributed by atoms with Gasteiger partial charge in [0, 0.05) is 6.61 Å². The average Bonchev–Trinajstić information content (AvgIpc) is 2.07. The molecule has 0 aromatic heterocycles. The van der Waals surface area contributed by atoms with E-state index in [0.717, 1.165) is 6.42 Å². The number of hydrogen-bond donors (Lipinski definition) is 1. The first kappa shape index (κ1) is 13.5. The predicted molar refractivity (Wildman–Crippen MR) is 60.1 cm³/mol. The first-order valence-corrected chi connectivity index (χ1v) is 5.68. The summed E-state index contributed by atoms with van der Waals surface area (Å²) in [6.07, 6.45) is 1.30. The summed E-state index contributed by atoms with van der Waals surface area (Å²) in [5.74, 6) is -0.496. The standard InChI is InChI=1S/C12H22O4/c1-10(2,3)16-9(13)12(5)11(4,14)7-6-8-15-12/h14H,6-8H2,1-5H3. The smallest absolute Gasteiger partial charge is 0.341 e. The predicted octanol–water partition coefficient (Wildman–Crippen LogP) is 1.65. The van der Waals surface area contributed by atoms with Crippen LogP contribution in [0, 0.1) is 0 Å². The molecule has 0 saturated carbocycles. The van der Waals surface area contributed by atoms with E-state index in [9.17, 15) is 9.90 Å². The van der Waals surface area contributed by atoms with Gasteiger partial charge >= 0.3 is 5.97 Å². The molecule has 0 amide bonds. The molecule has 1 heterocycles. The van der Waals surface area contributed by atoms with Crippen LogP contribution in [0.3, 0.4) is 0 Å². The number of rotatable bonds is 1. The van der Waals surface area contributed by atoms with Gasteiger partial charge < -0.3 is 14.6 Å². The summed E-state index contributed by atoms with van der Waals surface area (Å²) in [4.78, 5) is 12.0. The van der Waals surface area contributed by atoms with Gasteiger partial charge in [0.1, 0.15) is 11.2 Å². The maximum atomic E-state index is 12.0. The van der Waals surface area contributed by atoms with E-state index in [1.54, 1.807) is 34.6 Å². The Balaban J connectivity index is 2.86. The molecule has 0 aromatic carbocycles. The van der Waals surface area contributed by atoms with E-state index in [2.05, 4.69) is 0 Å². The van der Waals surface area contributed by atoms with Crippen molar-refractivity contribution in [3.05, 3.63) is 0 Å². The third-order valence-electron chi connectivity index (χ3n) is 3.01. The van der Waals surface area contributed by atoms with Crippen LogP contribution >= 0.6 is 0 Å². The Morgan fingerprint density at radius 2 is 1.94 bits per heavy atom. The van der Waals surface area contributed by atoms with Gasteiger partial charge in [-0.1, -0.05) is 0 Å². The quantitative estimate of drug-likeness (QED) is 0.696. The molecular formula is C12H22O4. The van der Waals surface area contributed by atoms with Crippen LogP contribution in [-0.4, -0.2) is 34.5 Å². The van der Waals surface area contributed by atoms with Crippen molar-refractivity contribution >= 4 is 5.97 Å². The highest BCUT2D eigenvalue weighted by Crippen LogP contribution is 2.36. The highest BCUT2D eigenvalue weighted by atomic mass is 16.6. The second kappa shape index (κ2) is 4.00. The largest absolute Gasteiger partial charge is 0.458 e. The van der Waals surface area contributed by atoms with Gasteiger partial charge in [-0.15, -0.1) is 0 Å². The molecule has 94 valence electrons. The van der Waals surface area contributed by atoms with E-state index in [1.165, 1.54) is 0 Å². The van der Waals surface area contributed by atoms with Gasteiger partial charge in [-0.2, -0.15) is 0 Å². The van der Waals surface area contributed by atoms with Crippen molar-refractivity contribution in [1.29, 1.82) is 0 Å². The highest BCUT2D eigenvalue weighted by Gasteiger charge is 2.54. The summed E-state index contributed by atoms with van der Waals surface area (Å²) >= 11 is 0. The second-order valence-corrected chi connectivity index (χ2v) is 5.76. The molecule has 0 bridgehead atoms. The average molecular weight is 230 g/mol. The molecule has 0 aliphatic carbocycles. The number of esters is 1. The first-order chi connectivity index (χ1) is 7.08. The zero-order chi connectivity index (χ0) is 12.6. The molecule has 1 rings (SSSR count). The minimum Gasteiger partial charge on any atom is -0.458 e. The van der Waals surface area contributed by atoms with Gasteiger partial charge in [-0.25, -0.2) is 4.79 Å². The van der Waals surface area contributed by atoms with Crippen molar-refractivity contribution in [2.75, 3.05) is 6.61 Å². The van der Waals surface area contributed by atoms with Crippen molar-refractivity contribution in [3.8, 4) is 0 Å². The van der Waals surface area contributed by atoms with E-state index in [4.69, 9.17) is 9.47 Å². The fourth-order valence-corrected chi connectivity index (χ4v) is 1.74. The van der Waals surface area contributed by atoms with E-state index in [-0.39, 0.29) is 0 Å². The van der Waals surface area contributed by atoms with Crippen molar-refractivity contribution < 1.29 is 19.4 Å². The van der Waals surface area contributed by atoms with Gasteiger partial charge in [-0.05, 0) is 47.5 Å². The van der Waals surface area contributed by atoms with Crippen LogP contribution in [-0.2, 0) is 14.3 Å². The van der Waals surface area contributed by atoms with Crippen LogP contribution in [0.25, 0.3) is 0 Å². The molecule has 1 saturated heterocycles. The summed E-state index contributed by atoms with van der Waals surface area (Å²) in [5.41, 5.74) is -3.01. The van der Waals surface area contributed by atoms with Crippen LogP contribution in [0.5, 0.6) is 0 Å². The number of carbonyl (C=O) groups is 1. The molecule has 0 aromatic rings. The summed E-state index contributed by atoms with van der Waals surface area (Å²) in [7, 11) is 0. The topological polar surface area (TPSA) is 55.8 Å².